The zero-order valence-corrected chi connectivity index (χ0v) is 12.2. The van der Waals surface area contributed by atoms with Gasteiger partial charge in [-0.25, -0.2) is 19.9 Å². The van der Waals surface area contributed by atoms with Gasteiger partial charge in [0.2, 0.25) is 0 Å². The molecule has 0 aliphatic carbocycles. The number of nitrogens with zero attached hydrogens (tertiary/aromatic N) is 5. The molecule has 1 saturated heterocycles. The molecular weight excluding hydrogens is 250 g/mol. The molecule has 2 aromatic rings. The van der Waals surface area contributed by atoms with Crippen molar-refractivity contribution in [3.05, 3.63) is 41.4 Å². The molecule has 1 atom stereocenters. The molecule has 20 heavy (non-hydrogen) atoms. The molecule has 0 amide bonds. The summed E-state index contributed by atoms with van der Waals surface area (Å²) in [7, 11) is 0. The van der Waals surface area contributed by atoms with Gasteiger partial charge in [-0.3, -0.25) is 0 Å². The molecule has 5 nitrogen and oxygen atoms in total. The Hall–Kier alpha value is -2.04. The maximum atomic E-state index is 4.59. The van der Waals surface area contributed by atoms with Crippen LogP contribution in [0.1, 0.15) is 35.4 Å². The first-order valence-electron chi connectivity index (χ1n) is 6.98. The van der Waals surface area contributed by atoms with E-state index in [0.717, 1.165) is 48.4 Å². The lowest BCUT2D eigenvalue weighted by molar-refractivity contribution is 0.698. The molecule has 1 aliphatic heterocycles. The summed E-state index contributed by atoms with van der Waals surface area (Å²) in [5.41, 5.74) is 2.09. The van der Waals surface area contributed by atoms with Crippen LogP contribution in [0.25, 0.3) is 0 Å². The molecule has 0 N–H and O–H groups in total. The van der Waals surface area contributed by atoms with Gasteiger partial charge in [-0.05, 0) is 39.3 Å². The first-order valence-corrected chi connectivity index (χ1v) is 6.98. The minimum atomic E-state index is 0.392. The van der Waals surface area contributed by atoms with E-state index in [9.17, 15) is 0 Å². The Morgan fingerprint density at radius 1 is 1.10 bits per heavy atom. The van der Waals surface area contributed by atoms with E-state index in [4.69, 9.17) is 0 Å². The lowest BCUT2D eigenvalue weighted by Crippen LogP contribution is -2.21. The highest BCUT2D eigenvalue weighted by molar-refractivity contribution is 5.39. The SMILES string of the molecule is Cc1cc(C)nc([C@@H]2CCN(c3ccnc(C)n3)C2)n1. The second-order valence-electron chi connectivity index (χ2n) is 5.40. The Morgan fingerprint density at radius 2 is 1.85 bits per heavy atom. The van der Waals surface area contributed by atoms with Crippen LogP contribution in [0.2, 0.25) is 0 Å². The monoisotopic (exact) mass is 269 g/mol. The summed E-state index contributed by atoms with van der Waals surface area (Å²) in [6.45, 7) is 7.90. The van der Waals surface area contributed by atoms with Crippen molar-refractivity contribution >= 4 is 5.82 Å². The summed E-state index contributed by atoms with van der Waals surface area (Å²) >= 11 is 0. The number of aromatic nitrogens is 4. The molecular formula is C15H19N5. The minimum Gasteiger partial charge on any atom is -0.356 e. The maximum absolute atomic E-state index is 4.59. The van der Waals surface area contributed by atoms with Crippen molar-refractivity contribution < 1.29 is 0 Å². The van der Waals surface area contributed by atoms with Crippen LogP contribution in [0, 0.1) is 20.8 Å². The highest BCUT2D eigenvalue weighted by atomic mass is 15.2. The molecule has 0 aromatic carbocycles. The Balaban J connectivity index is 1.79. The quantitative estimate of drug-likeness (QED) is 0.836. The van der Waals surface area contributed by atoms with Crippen molar-refractivity contribution in [1.29, 1.82) is 0 Å². The molecule has 1 aliphatic rings. The van der Waals surface area contributed by atoms with Crippen molar-refractivity contribution in [3.63, 3.8) is 0 Å². The molecule has 0 saturated carbocycles. The Labute approximate surface area is 119 Å². The van der Waals surface area contributed by atoms with Gasteiger partial charge in [0.25, 0.3) is 0 Å². The fourth-order valence-corrected chi connectivity index (χ4v) is 2.73. The van der Waals surface area contributed by atoms with Crippen LogP contribution >= 0.6 is 0 Å². The van der Waals surface area contributed by atoms with Crippen LogP contribution < -0.4 is 4.90 Å². The zero-order valence-electron chi connectivity index (χ0n) is 12.2. The van der Waals surface area contributed by atoms with Gasteiger partial charge < -0.3 is 4.90 Å². The van der Waals surface area contributed by atoms with Crippen LogP contribution in [0.3, 0.4) is 0 Å². The van der Waals surface area contributed by atoms with Crippen LogP contribution in [0.15, 0.2) is 18.3 Å². The highest BCUT2D eigenvalue weighted by Crippen LogP contribution is 2.28. The van der Waals surface area contributed by atoms with E-state index in [1.54, 1.807) is 0 Å². The van der Waals surface area contributed by atoms with E-state index < -0.39 is 0 Å². The van der Waals surface area contributed by atoms with Crippen molar-refractivity contribution in [2.45, 2.75) is 33.1 Å². The number of rotatable bonds is 2. The van der Waals surface area contributed by atoms with Gasteiger partial charge in [-0.2, -0.15) is 0 Å². The average Bonchev–Trinajstić information content (AvgIpc) is 2.87. The Morgan fingerprint density at radius 3 is 2.55 bits per heavy atom. The zero-order chi connectivity index (χ0) is 14.1. The molecule has 3 heterocycles. The van der Waals surface area contributed by atoms with Crippen LogP contribution in [-0.2, 0) is 0 Å². The summed E-state index contributed by atoms with van der Waals surface area (Å²) in [5, 5.41) is 0. The second kappa shape index (κ2) is 5.15. The second-order valence-corrected chi connectivity index (χ2v) is 5.40. The molecule has 3 rings (SSSR count). The van der Waals surface area contributed by atoms with Crippen LogP contribution in [0.5, 0.6) is 0 Å². The molecule has 0 unspecified atom stereocenters. The minimum absolute atomic E-state index is 0.392. The third-order valence-electron chi connectivity index (χ3n) is 3.64. The third kappa shape index (κ3) is 2.61. The summed E-state index contributed by atoms with van der Waals surface area (Å²) < 4.78 is 0. The van der Waals surface area contributed by atoms with Crippen molar-refractivity contribution in [3.8, 4) is 0 Å². The van der Waals surface area contributed by atoms with Crippen LogP contribution in [0.4, 0.5) is 5.82 Å². The van der Waals surface area contributed by atoms with Crippen LogP contribution in [-0.4, -0.2) is 33.0 Å². The first kappa shape index (κ1) is 13.0. The van der Waals surface area contributed by atoms with Gasteiger partial charge in [0.05, 0.1) is 0 Å². The third-order valence-corrected chi connectivity index (χ3v) is 3.64. The average molecular weight is 269 g/mol. The highest BCUT2D eigenvalue weighted by Gasteiger charge is 2.27. The first-order chi connectivity index (χ1) is 9.61. The fraction of sp³-hybridized carbons (Fsp3) is 0.467. The van der Waals surface area contributed by atoms with E-state index in [-0.39, 0.29) is 0 Å². The van der Waals surface area contributed by atoms with E-state index in [1.165, 1.54) is 0 Å². The standard InChI is InChI=1S/C15H19N5/c1-10-8-11(2)18-15(17-10)13-5-7-20(9-13)14-4-6-16-12(3)19-14/h4,6,8,13H,5,7,9H2,1-3H3/t13-/m1/s1. The van der Waals surface area contributed by atoms with Gasteiger partial charge in [0.15, 0.2) is 0 Å². The number of hydrogen-bond acceptors (Lipinski definition) is 5. The van der Waals surface area contributed by atoms with E-state index in [2.05, 4.69) is 24.8 Å². The predicted molar refractivity (Wildman–Crippen MR) is 77.8 cm³/mol. The normalized spacial score (nSPS) is 18.6. The molecule has 5 heteroatoms. The topological polar surface area (TPSA) is 54.8 Å². The summed E-state index contributed by atoms with van der Waals surface area (Å²) in [6, 6.07) is 3.99. The number of aryl methyl sites for hydroxylation is 3. The summed E-state index contributed by atoms with van der Waals surface area (Å²) in [4.78, 5) is 20.1. The van der Waals surface area contributed by atoms with Crippen molar-refractivity contribution in [2.75, 3.05) is 18.0 Å². The molecule has 0 radical (unpaired) electrons. The van der Waals surface area contributed by atoms with Gasteiger partial charge >= 0.3 is 0 Å². The molecule has 0 spiro atoms. The lowest BCUT2D eigenvalue weighted by atomic mass is 10.1. The molecule has 104 valence electrons. The smallest absolute Gasteiger partial charge is 0.133 e. The maximum Gasteiger partial charge on any atom is 0.133 e. The van der Waals surface area contributed by atoms with E-state index in [1.807, 2.05) is 39.1 Å². The molecule has 2 aromatic heterocycles. The lowest BCUT2D eigenvalue weighted by Gasteiger charge is -2.17. The fourth-order valence-electron chi connectivity index (χ4n) is 2.73. The van der Waals surface area contributed by atoms with Gasteiger partial charge in [0.1, 0.15) is 17.5 Å². The summed E-state index contributed by atoms with van der Waals surface area (Å²) in [5.74, 6) is 3.18. The molecule has 0 bridgehead atoms. The van der Waals surface area contributed by atoms with E-state index in [0.29, 0.717) is 5.92 Å². The predicted octanol–water partition coefficient (Wildman–Crippen LogP) is 2.19. The Kier molecular flexibility index (Phi) is 3.34. The Bertz CT molecular complexity index is 605. The number of hydrogen-bond donors (Lipinski definition) is 0. The van der Waals surface area contributed by atoms with Crippen molar-refractivity contribution in [2.24, 2.45) is 0 Å². The van der Waals surface area contributed by atoms with Gasteiger partial charge in [-0.15, -0.1) is 0 Å². The largest absolute Gasteiger partial charge is 0.356 e. The van der Waals surface area contributed by atoms with Gasteiger partial charge in [-0.1, -0.05) is 0 Å². The van der Waals surface area contributed by atoms with E-state index >= 15 is 0 Å². The van der Waals surface area contributed by atoms with Crippen molar-refractivity contribution in [1.82, 2.24) is 19.9 Å². The number of anilines is 1. The summed E-state index contributed by atoms with van der Waals surface area (Å²) in [6.07, 6.45) is 2.89. The van der Waals surface area contributed by atoms with Gasteiger partial charge in [0, 0.05) is 36.6 Å². The molecule has 1 fully saturated rings.